The molecule has 15 heavy (non-hydrogen) atoms. The van der Waals surface area contributed by atoms with Gasteiger partial charge in [0.05, 0.1) is 11.7 Å². The summed E-state index contributed by atoms with van der Waals surface area (Å²) in [6.07, 6.45) is 4.35. The van der Waals surface area contributed by atoms with E-state index in [1.54, 1.807) is 0 Å². The maximum absolute atomic E-state index is 5.69. The summed E-state index contributed by atoms with van der Waals surface area (Å²) < 4.78 is 2.11. The number of nitrogens with two attached hydrogens (primary N) is 1. The van der Waals surface area contributed by atoms with Crippen molar-refractivity contribution in [2.45, 2.75) is 32.4 Å². The molecule has 1 aromatic heterocycles. The second-order valence-corrected chi connectivity index (χ2v) is 4.16. The number of nitrogens with zero attached hydrogens (tertiary/aromatic N) is 3. The summed E-state index contributed by atoms with van der Waals surface area (Å²) in [6, 6.07) is 2.54. The van der Waals surface area contributed by atoms with Crippen LogP contribution in [0, 0.1) is 0 Å². The van der Waals surface area contributed by atoms with Gasteiger partial charge in [0.2, 0.25) is 0 Å². The number of hydrogen-bond donors (Lipinski definition) is 1. The summed E-state index contributed by atoms with van der Waals surface area (Å²) in [5.74, 6) is 0. The predicted octanol–water partition coefficient (Wildman–Crippen LogP) is 0.999. The molecule has 1 unspecified atom stereocenters. The largest absolute Gasteiger partial charge is 0.325 e. The lowest BCUT2D eigenvalue weighted by Gasteiger charge is -2.32. The van der Waals surface area contributed by atoms with Crippen molar-refractivity contribution < 1.29 is 0 Å². The van der Waals surface area contributed by atoms with E-state index in [2.05, 4.69) is 21.6 Å². The fourth-order valence-corrected chi connectivity index (χ4v) is 2.35. The van der Waals surface area contributed by atoms with Gasteiger partial charge in [-0.2, -0.15) is 5.10 Å². The number of hydrogen-bond acceptors (Lipinski definition) is 3. The molecule has 1 aliphatic heterocycles. The number of piperidine rings is 1. The van der Waals surface area contributed by atoms with Gasteiger partial charge in [-0.05, 0) is 32.0 Å². The summed E-state index contributed by atoms with van der Waals surface area (Å²) in [5, 5.41) is 4.39. The van der Waals surface area contributed by atoms with Crippen molar-refractivity contribution in [3.05, 3.63) is 18.0 Å². The highest BCUT2D eigenvalue weighted by molar-refractivity contribution is 5.01. The van der Waals surface area contributed by atoms with Crippen LogP contribution in [-0.2, 0) is 6.54 Å². The molecule has 0 aromatic carbocycles. The number of aromatic nitrogens is 2. The lowest BCUT2D eigenvalue weighted by molar-refractivity contribution is 0.175. The fraction of sp³-hybridized carbons (Fsp3) is 0.727. The standard InChI is InChI=1S/C11H20N4/c1-2-14-7-3-4-11(9-14)15-10(8-12)5-6-13-15/h5-6,11H,2-4,7-9,12H2,1H3. The number of rotatable bonds is 3. The Balaban J connectivity index is 2.09. The number of likely N-dealkylation sites (N-methyl/N-ethyl adjacent to an activating group) is 1. The zero-order chi connectivity index (χ0) is 10.7. The highest BCUT2D eigenvalue weighted by Gasteiger charge is 2.21. The minimum absolute atomic E-state index is 0.521. The Morgan fingerprint density at radius 1 is 1.60 bits per heavy atom. The molecule has 0 aliphatic carbocycles. The van der Waals surface area contributed by atoms with Crippen LogP contribution in [0.1, 0.15) is 31.5 Å². The number of likely N-dealkylation sites (tertiary alicyclic amines) is 1. The molecule has 1 fully saturated rings. The molecular formula is C11H20N4. The van der Waals surface area contributed by atoms with Crippen LogP contribution in [0.4, 0.5) is 0 Å². The Morgan fingerprint density at radius 3 is 3.20 bits per heavy atom. The topological polar surface area (TPSA) is 47.1 Å². The predicted molar refractivity (Wildman–Crippen MR) is 60.5 cm³/mol. The van der Waals surface area contributed by atoms with Gasteiger partial charge in [-0.3, -0.25) is 4.68 Å². The Kier molecular flexibility index (Phi) is 3.38. The highest BCUT2D eigenvalue weighted by Crippen LogP contribution is 2.21. The van der Waals surface area contributed by atoms with Crippen molar-refractivity contribution in [3.63, 3.8) is 0 Å². The Hall–Kier alpha value is -0.870. The zero-order valence-electron chi connectivity index (χ0n) is 9.39. The van der Waals surface area contributed by atoms with Gasteiger partial charge in [0, 0.05) is 19.3 Å². The van der Waals surface area contributed by atoms with Crippen molar-refractivity contribution >= 4 is 0 Å². The molecule has 2 N–H and O–H groups in total. The molecule has 4 nitrogen and oxygen atoms in total. The van der Waals surface area contributed by atoms with E-state index in [4.69, 9.17) is 5.73 Å². The SMILES string of the molecule is CCN1CCCC(n2nccc2CN)C1. The second kappa shape index (κ2) is 4.77. The Morgan fingerprint density at radius 2 is 2.47 bits per heavy atom. The van der Waals surface area contributed by atoms with E-state index in [1.807, 2.05) is 12.3 Å². The van der Waals surface area contributed by atoms with Gasteiger partial charge in [-0.15, -0.1) is 0 Å². The molecule has 84 valence electrons. The lowest BCUT2D eigenvalue weighted by atomic mass is 10.1. The summed E-state index contributed by atoms with van der Waals surface area (Å²) in [6.45, 7) is 6.28. The van der Waals surface area contributed by atoms with Crippen LogP contribution in [0.25, 0.3) is 0 Å². The first-order valence-electron chi connectivity index (χ1n) is 5.80. The van der Waals surface area contributed by atoms with E-state index >= 15 is 0 Å². The van der Waals surface area contributed by atoms with Crippen molar-refractivity contribution in [1.29, 1.82) is 0 Å². The Labute approximate surface area is 91.1 Å². The average molecular weight is 208 g/mol. The molecule has 2 rings (SSSR count). The summed E-state index contributed by atoms with van der Waals surface area (Å²) in [7, 11) is 0. The van der Waals surface area contributed by atoms with Crippen LogP contribution in [0.5, 0.6) is 0 Å². The van der Waals surface area contributed by atoms with Gasteiger partial charge in [-0.1, -0.05) is 6.92 Å². The van der Waals surface area contributed by atoms with Crippen LogP contribution < -0.4 is 5.73 Å². The quantitative estimate of drug-likeness (QED) is 0.806. The Bertz CT molecular complexity index is 307. The highest BCUT2D eigenvalue weighted by atomic mass is 15.3. The smallest absolute Gasteiger partial charge is 0.0650 e. The van der Waals surface area contributed by atoms with Crippen LogP contribution in [-0.4, -0.2) is 34.3 Å². The molecule has 4 heteroatoms. The van der Waals surface area contributed by atoms with Crippen LogP contribution in [0.15, 0.2) is 12.3 Å². The lowest BCUT2D eigenvalue weighted by Crippen LogP contribution is -2.37. The molecule has 0 saturated carbocycles. The molecule has 0 radical (unpaired) electrons. The van der Waals surface area contributed by atoms with E-state index in [0.29, 0.717) is 12.6 Å². The normalized spacial score (nSPS) is 23.2. The molecule has 0 spiro atoms. The summed E-state index contributed by atoms with van der Waals surface area (Å²) in [4.78, 5) is 2.48. The maximum Gasteiger partial charge on any atom is 0.0650 e. The van der Waals surface area contributed by atoms with E-state index < -0.39 is 0 Å². The van der Waals surface area contributed by atoms with Crippen LogP contribution in [0.2, 0.25) is 0 Å². The first kappa shape index (κ1) is 10.6. The first-order chi connectivity index (χ1) is 7.35. The van der Waals surface area contributed by atoms with E-state index in [0.717, 1.165) is 18.8 Å². The van der Waals surface area contributed by atoms with Gasteiger partial charge in [0.15, 0.2) is 0 Å². The van der Waals surface area contributed by atoms with Crippen LogP contribution in [0.3, 0.4) is 0 Å². The van der Waals surface area contributed by atoms with Gasteiger partial charge in [0.25, 0.3) is 0 Å². The molecule has 0 bridgehead atoms. The molecule has 1 aromatic rings. The average Bonchev–Trinajstić information content (AvgIpc) is 2.77. The molecule has 1 saturated heterocycles. The van der Waals surface area contributed by atoms with Crippen molar-refractivity contribution in [2.75, 3.05) is 19.6 Å². The summed E-state index contributed by atoms with van der Waals surface area (Å²) >= 11 is 0. The van der Waals surface area contributed by atoms with Crippen molar-refractivity contribution in [3.8, 4) is 0 Å². The molecule has 1 atom stereocenters. The molecular weight excluding hydrogens is 188 g/mol. The van der Waals surface area contributed by atoms with E-state index in [9.17, 15) is 0 Å². The monoisotopic (exact) mass is 208 g/mol. The molecule has 0 amide bonds. The van der Waals surface area contributed by atoms with Crippen molar-refractivity contribution in [2.24, 2.45) is 5.73 Å². The third-order valence-electron chi connectivity index (χ3n) is 3.24. The van der Waals surface area contributed by atoms with Gasteiger partial charge >= 0.3 is 0 Å². The third kappa shape index (κ3) is 2.21. The fourth-order valence-electron chi connectivity index (χ4n) is 2.35. The zero-order valence-corrected chi connectivity index (χ0v) is 9.39. The van der Waals surface area contributed by atoms with Gasteiger partial charge in [-0.25, -0.2) is 0 Å². The van der Waals surface area contributed by atoms with Crippen molar-refractivity contribution in [1.82, 2.24) is 14.7 Å². The van der Waals surface area contributed by atoms with E-state index in [1.165, 1.54) is 19.4 Å². The molecule has 2 heterocycles. The molecule has 1 aliphatic rings. The first-order valence-corrected chi connectivity index (χ1v) is 5.80. The van der Waals surface area contributed by atoms with Gasteiger partial charge in [0.1, 0.15) is 0 Å². The minimum atomic E-state index is 0.521. The second-order valence-electron chi connectivity index (χ2n) is 4.16. The van der Waals surface area contributed by atoms with E-state index in [-0.39, 0.29) is 0 Å². The summed E-state index contributed by atoms with van der Waals surface area (Å²) in [5.41, 5.74) is 6.85. The minimum Gasteiger partial charge on any atom is -0.325 e. The third-order valence-corrected chi connectivity index (χ3v) is 3.24. The maximum atomic E-state index is 5.69. The van der Waals surface area contributed by atoms with Crippen LogP contribution >= 0.6 is 0 Å². The van der Waals surface area contributed by atoms with Gasteiger partial charge < -0.3 is 10.6 Å².